The number of nitrogen functional groups attached to an aromatic ring is 1. The molecule has 19 heavy (non-hydrogen) atoms. The molecule has 1 aromatic carbocycles. The Kier molecular flexibility index (Phi) is 3.41. The van der Waals surface area contributed by atoms with E-state index in [0.717, 1.165) is 0 Å². The van der Waals surface area contributed by atoms with E-state index in [2.05, 4.69) is 10.3 Å². The number of oxazole rings is 1. The van der Waals surface area contributed by atoms with Crippen LogP contribution in [0.1, 0.15) is 27.7 Å². The zero-order chi connectivity index (χ0) is 14.0. The van der Waals surface area contributed by atoms with Crippen LogP contribution in [0, 0.1) is 13.8 Å². The highest BCUT2D eigenvalue weighted by molar-refractivity contribution is 5.92. The first-order valence-electron chi connectivity index (χ1n) is 5.77. The van der Waals surface area contributed by atoms with Gasteiger partial charge in [0, 0.05) is 24.7 Å². The average Bonchev–Trinajstić information content (AvgIpc) is 2.69. The third-order valence-corrected chi connectivity index (χ3v) is 2.65. The minimum Gasteiger partial charge on any atom is -0.508 e. The molecule has 0 saturated heterocycles. The van der Waals surface area contributed by atoms with Crippen molar-refractivity contribution in [1.29, 1.82) is 0 Å². The van der Waals surface area contributed by atoms with E-state index in [-0.39, 0.29) is 24.0 Å². The zero-order valence-corrected chi connectivity index (χ0v) is 10.7. The van der Waals surface area contributed by atoms with E-state index >= 15 is 0 Å². The van der Waals surface area contributed by atoms with Crippen molar-refractivity contribution in [1.82, 2.24) is 10.3 Å². The van der Waals surface area contributed by atoms with Crippen LogP contribution in [0.25, 0.3) is 0 Å². The molecule has 0 aliphatic carbocycles. The molecule has 1 heterocycles. The topological polar surface area (TPSA) is 101 Å². The predicted octanol–water partition coefficient (Wildman–Crippen LogP) is 1.51. The third-order valence-electron chi connectivity index (χ3n) is 2.65. The van der Waals surface area contributed by atoms with Crippen molar-refractivity contribution in [2.75, 3.05) is 5.73 Å². The number of benzene rings is 1. The second-order valence-corrected chi connectivity index (χ2v) is 4.22. The first kappa shape index (κ1) is 12.9. The molecule has 0 aliphatic rings. The number of nitrogens with zero attached hydrogens (tertiary/aromatic N) is 1. The second-order valence-electron chi connectivity index (χ2n) is 4.22. The van der Waals surface area contributed by atoms with Crippen molar-refractivity contribution >= 4 is 11.6 Å². The van der Waals surface area contributed by atoms with Gasteiger partial charge in [-0.05, 0) is 25.1 Å². The van der Waals surface area contributed by atoms with Crippen molar-refractivity contribution in [2.45, 2.75) is 20.4 Å². The Morgan fingerprint density at radius 1 is 1.47 bits per heavy atom. The number of phenolic OH excluding ortho intramolecular Hbond substituents is 1. The maximum absolute atomic E-state index is 11.9. The summed E-state index contributed by atoms with van der Waals surface area (Å²) in [6.07, 6.45) is 0. The van der Waals surface area contributed by atoms with Crippen LogP contribution in [0.5, 0.6) is 5.75 Å². The van der Waals surface area contributed by atoms with Gasteiger partial charge in [0.25, 0.3) is 5.91 Å². The van der Waals surface area contributed by atoms with Gasteiger partial charge in [0.05, 0.1) is 5.69 Å². The fourth-order valence-electron chi connectivity index (χ4n) is 1.74. The Bertz CT molecular complexity index is 620. The molecule has 0 bridgehead atoms. The van der Waals surface area contributed by atoms with E-state index < -0.39 is 0 Å². The molecular formula is C13H15N3O3. The number of hydrogen-bond donors (Lipinski definition) is 3. The number of rotatable bonds is 3. The molecule has 0 unspecified atom stereocenters. The summed E-state index contributed by atoms with van der Waals surface area (Å²) in [7, 11) is 0. The van der Waals surface area contributed by atoms with Crippen molar-refractivity contribution < 1.29 is 14.3 Å². The summed E-state index contributed by atoms with van der Waals surface area (Å²) in [6, 6.07) is 4.68. The largest absolute Gasteiger partial charge is 0.508 e. The normalized spacial score (nSPS) is 10.4. The fraction of sp³-hybridized carbons (Fsp3) is 0.231. The van der Waals surface area contributed by atoms with Crippen LogP contribution in [-0.2, 0) is 6.54 Å². The van der Waals surface area contributed by atoms with Gasteiger partial charge in [-0.15, -0.1) is 0 Å². The quantitative estimate of drug-likeness (QED) is 0.574. The van der Waals surface area contributed by atoms with Gasteiger partial charge in [0.2, 0.25) is 5.76 Å². The molecule has 6 nitrogen and oxygen atoms in total. The Balaban J connectivity index is 2.08. The number of carbonyl (C=O) groups excluding carboxylic acids is 1. The monoisotopic (exact) mass is 261 g/mol. The van der Waals surface area contributed by atoms with Gasteiger partial charge in [0.1, 0.15) is 5.75 Å². The van der Waals surface area contributed by atoms with Gasteiger partial charge in [0.15, 0.2) is 5.89 Å². The number of amides is 1. The van der Waals surface area contributed by atoms with Gasteiger partial charge in [-0.3, -0.25) is 4.79 Å². The van der Waals surface area contributed by atoms with Crippen molar-refractivity contribution in [2.24, 2.45) is 0 Å². The molecule has 0 saturated carbocycles. The van der Waals surface area contributed by atoms with Crippen LogP contribution >= 0.6 is 0 Å². The lowest BCUT2D eigenvalue weighted by molar-refractivity contribution is 0.0921. The number of nitrogens with two attached hydrogens (primary N) is 1. The zero-order valence-electron chi connectivity index (χ0n) is 10.7. The van der Waals surface area contributed by atoms with Gasteiger partial charge >= 0.3 is 0 Å². The smallest absolute Gasteiger partial charge is 0.289 e. The highest BCUT2D eigenvalue weighted by Crippen LogP contribution is 2.19. The Morgan fingerprint density at radius 3 is 2.84 bits per heavy atom. The Labute approximate surface area is 110 Å². The van der Waals surface area contributed by atoms with Crippen molar-refractivity contribution in [3.8, 4) is 5.75 Å². The van der Waals surface area contributed by atoms with E-state index in [1.807, 2.05) is 0 Å². The van der Waals surface area contributed by atoms with Crippen molar-refractivity contribution in [3.63, 3.8) is 0 Å². The first-order chi connectivity index (χ1) is 8.97. The summed E-state index contributed by atoms with van der Waals surface area (Å²) in [5.74, 6) is 0.329. The molecule has 4 N–H and O–H groups in total. The molecule has 0 radical (unpaired) electrons. The van der Waals surface area contributed by atoms with Crippen molar-refractivity contribution in [3.05, 3.63) is 41.1 Å². The van der Waals surface area contributed by atoms with Gasteiger partial charge in [-0.1, -0.05) is 0 Å². The summed E-state index contributed by atoms with van der Waals surface area (Å²) in [5, 5.41) is 12.3. The maximum Gasteiger partial charge on any atom is 0.289 e. The number of hydrogen-bond acceptors (Lipinski definition) is 5. The molecule has 0 spiro atoms. The number of anilines is 1. The molecule has 100 valence electrons. The number of nitrogens with one attached hydrogen (secondary N) is 1. The average molecular weight is 261 g/mol. The minimum absolute atomic E-state index is 0.0833. The molecular weight excluding hydrogens is 246 g/mol. The number of aromatic hydroxyl groups is 1. The summed E-state index contributed by atoms with van der Waals surface area (Å²) in [4.78, 5) is 15.9. The maximum atomic E-state index is 11.9. The summed E-state index contributed by atoms with van der Waals surface area (Å²) >= 11 is 0. The van der Waals surface area contributed by atoms with Crippen LogP contribution < -0.4 is 11.1 Å². The number of aromatic nitrogens is 1. The molecule has 2 aromatic rings. The van der Waals surface area contributed by atoms with Crippen LogP contribution in [0.15, 0.2) is 22.6 Å². The lowest BCUT2D eigenvalue weighted by atomic mass is 10.1. The standard InChI is InChI=1S/C13H15N3O3/c1-7-12(19-8(2)16-7)13(18)15-6-9-5-10(14)3-4-11(9)17/h3-5,17H,6,14H2,1-2H3,(H,15,18). The van der Waals surface area contributed by atoms with E-state index in [1.54, 1.807) is 26.0 Å². The van der Waals surface area contributed by atoms with Gasteiger partial charge < -0.3 is 20.6 Å². The number of carbonyl (C=O) groups is 1. The third kappa shape index (κ3) is 2.85. The molecule has 0 atom stereocenters. The van der Waals surface area contributed by atoms with Crippen LogP contribution in [0.4, 0.5) is 5.69 Å². The van der Waals surface area contributed by atoms with Crippen LogP contribution in [-0.4, -0.2) is 16.0 Å². The molecule has 6 heteroatoms. The SMILES string of the molecule is Cc1nc(C)c(C(=O)NCc2cc(N)ccc2O)o1. The lowest BCUT2D eigenvalue weighted by Gasteiger charge is -2.07. The molecule has 1 amide bonds. The highest BCUT2D eigenvalue weighted by atomic mass is 16.4. The van der Waals surface area contributed by atoms with Gasteiger partial charge in [-0.2, -0.15) is 0 Å². The minimum atomic E-state index is -0.375. The second kappa shape index (κ2) is 5.01. The number of aryl methyl sites for hydroxylation is 2. The van der Waals surface area contributed by atoms with E-state index in [1.165, 1.54) is 6.07 Å². The number of phenols is 1. The lowest BCUT2D eigenvalue weighted by Crippen LogP contribution is -2.23. The summed E-state index contributed by atoms with van der Waals surface area (Å²) in [5.41, 5.74) is 7.22. The van der Waals surface area contributed by atoms with E-state index in [4.69, 9.17) is 10.2 Å². The van der Waals surface area contributed by atoms with E-state index in [0.29, 0.717) is 22.8 Å². The Hall–Kier alpha value is -2.50. The molecule has 1 aromatic heterocycles. The predicted molar refractivity (Wildman–Crippen MR) is 69.7 cm³/mol. The Morgan fingerprint density at radius 2 is 2.21 bits per heavy atom. The van der Waals surface area contributed by atoms with Crippen LogP contribution in [0.2, 0.25) is 0 Å². The highest BCUT2D eigenvalue weighted by Gasteiger charge is 2.15. The fourth-order valence-corrected chi connectivity index (χ4v) is 1.74. The van der Waals surface area contributed by atoms with Gasteiger partial charge in [-0.25, -0.2) is 4.98 Å². The summed E-state index contributed by atoms with van der Waals surface area (Å²) in [6.45, 7) is 3.53. The molecule has 0 fully saturated rings. The first-order valence-corrected chi connectivity index (χ1v) is 5.77. The van der Waals surface area contributed by atoms with Crippen LogP contribution in [0.3, 0.4) is 0 Å². The van der Waals surface area contributed by atoms with E-state index in [9.17, 15) is 9.90 Å². The summed E-state index contributed by atoms with van der Waals surface area (Å²) < 4.78 is 5.21. The molecule has 0 aliphatic heterocycles. The molecule has 2 rings (SSSR count).